The Bertz CT molecular complexity index is 825. The first-order chi connectivity index (χ1) is 12.8. The molecule has 3 aliphatic heterocycles. The molecule has 3 aliphatic rings. The van der Waals surface area contributed by atoms with Crippen molar-refractivity contribution in [2.75, 3.05) is 35.6 Å². The molecule has 0 amide bonds. The molecule has 0 bridgehead atoms. The van der Waals surface area contributed by atoms with Crippen LogP contribution < -0.4 is 15.5 Å². The summed E-state index contributed by atoms with van der Waals surface area (Å²) in [5.74, 6) is 2.99. The van der Waals surface area contributed by atoms with Gasteiger partial charge >= 0.3 is 0 Å². The van der Waals surface area contributed by atoms with Gasteiger partial charge in [-0.3, -0.25) is 0 Å². The maximum Gasteiger partial charge on any atom is 0.0448 e. The maximum atomic E-state index is 6.13. The van der Waals surface area contributed by atoms with E-state index in [2.05, 4.69) is 45.5 Å². The molecule has 0 spiro atoms. The number of piperidine rings is 1. The summed E-state index contributed by atoms with van der Waals surface area (Å²) in [6.07, 6.45) is 1.26. The van der Waals surface area contributed by atoms with Gasteiger partial charge in [0.25, 0.3) is 0 Å². The third-order valence-electron chi connectivity index (χ3n) is 5.87. The van der Waals surface area contributed by atoms with Crippen LogP contribution in [0.25, 0.3) is 0 Å². The van der Waals surface area contributed by atoms with Crippen LogP contribution >= 0.6 is 23.4 Å². The normalized spacial score (nSPS) is 24.0. The van der Waals surface area contributed by atoms with E-state index in [1.807, 2.05) is 18.2 Å². The number of hydrogen-bond acceptors (Lipinski definition) is 4. The molecule has 136 valence electrons. The average Bonchev–Trinajstić information content (AvgIpc) is 2.82. The molecule has 2 aromatic rings. The van der Waals surface area contributed by atoms with Gasteiger partial charge in [-0.1, -0.05) is 23.7 Å². The Morgan fingerprint density at radius 3 is 3.15 bits per heavy atom. The monoisotopic (exact) mass is 385 g/mol. The molecular formula is C21H24ClN3S. The van der Waals surface area contributed by atoms with Gasteiger partial charge in [-0.2, -0.15) is 11.8 Å². The van der Waals surface area contributed by atoms with Crippen molar-refractivity contribution in [3.8, 4) is 0 Å². The number of benzene rings is 2. The number of halogens is 1. The lowest BCUT2D eigenvalue weighted by atomic mass is 9.89. The van der Waals surface area contributed by atoms with Crippen LogP contribution in [-0.4, -0.2) is 31.4 Å². The predicted molar refractivity (Wildman–Crippen MR) is 113 cm³/mol. The van der Waals surface area contributed by atoms with Crippen molar-refractivity contribution in [1.29, 1.82) is 0 Å². The number of thioether (sulfide) groups is 1. The van der Waals surface area contributed by atoms with Crippen LogP contribution in [0.15, 0.2) is 36.4 Å². The van der Waals surface area contributed by atoms with Gasteiger partial charge in [-0.25, -0.2) is 0 Å². The van der Waals surface area contributed by atoms with E-state index in [9.17, 15) is 0 Å². The van der Waals surface area contributed by atoms with Crippen molar-refractivity contribution < 1.29 is 0 Å². The van der Waals surface area contributed by atoms with Gasteiger partial charge in [0.15, 0.2) is 0 Å². The second kappa shape index (κ2) is 6.99. The van der Waals surface area contributed by atoms with Gasteiger partial charge < -0.3 is 15.5 Å². The first kappa shape index (κ1) is 16.8. The highest BCUT2D eigenvalue weighted by atomic mass is 35.5. The summed E-state index contributed by atoms with van der Waals surface area (Å²) in [6.45, 7) is 4.26. The van der Waals surface area contributed by atoms with E-state index in [4.69, 9.17) is 11.6 Å². The highest BCUT2D eigenvalue weighted by Gasteiger charge is 2.41. The van der Waals surface area contributed by atoms with Crippen LogP contribution in [0, 0.1) is 0 Å². The van der Waals surface area contributed by atoms with Gasteiger partial charge in [-0.05, 0) is 53.9 Å². The third-order valence-corrected chi connectivity index (χ3v) is 7.09. The molecule has 0 radical (unpaired) electrons. The Balaban J connectivity index is 1.47. The smallest absolute Gasteiger partial charge is 0.0448 e. The molecule has 2 atom stereocenters. The Morgan fingerprint density at radius 2 is 2.23 bits per heavy atom. The standard InChI is InChI=1S/C21H24ClN3S/c22-16-3-1-2-14(8-16)11-24-17-9-15-13-26-7-6-25-20-4-5-23-12-19(20)18(10-17)21(15)25/h1-3,8-10,19-20,23-24H,4-7,11-13H2/t19?,20-/m0/s1. The Labute approximate surface area is 164 Å². The van der Waals surface area contributed by atoms with Crippen molar-refractivity contribution in [2.45, 2.75) is 30.7 Å². The minimum Gasteiger partial charge on any atom is -0.381 e. The van der Waals surface area contributed by atoms with E-state index in [-0.39, 0.29) is 0 Å². The minimum atomic E-state index is 0.633. The summed E-state index contributed by atoms with van der Waals surface area (Å²) < 4.78 is 0. The zero-order chi connectivity index (χ0) is 17.5. The van der Waals surface area contributed by atoms with Gasteiger partial charge in [0, 0.05) is 59.5 Å². The molecule has 1 fully saturated rings. The van der Waals surface area contributed by atoms with E-state index in [0.29, 0.717) is 12.0 Å². The van der Waals surface area contributed by atoms with Gasteiger partial charge in [-0.15, -0.1) is 0 Å². The Kier molecular flexibility index (Phi) is 4.51. The van der Waals surface area contributed by atoms with E-state index in [1.54, 1.807) is 11.3 Å². The largest absolute Gasteiger partial charge is 0.381 e. The molecule has 0 saturated carbocycles. The lowest BCUT2D eigenvalue weighted by molar-refractivity contribution is 0.406. The summed E-state index contributed by atoms with van der Waals surface area (Å²) in [5, 5.41) is 8.05. The number of fused-ring (bicyclic) bond motifs is 3. The second-order valence-electron chi connectivity index (χ2n) is 7.47. The molecule has 0 aromatic heterocycles. The number of rotatable bonds is 3. The summed E-state index contributed by atoms with van der Waals surface area (Å²) in [5.41, 5.74) is 7.07. The first-order valence-electron chi connectivity index (χ1n) is 9.50. The van der Waals surface area contributed by atoms with E-state index in [0.717, 1.165) is 30.4 Å². The molecule has 1 saturated heterocycles. The number of anilines is 2. The van der Waals surface area contributed by atoms with Gasteiger partial charge in [0.2, 0.25) is 0 Å². The zero-order valence-corrected chi connectivity index (χ0v) is 16.4. The molecule has 3 nitrogen and oxygen atoms in total. The van der Waals surface area contributed by atoms with Crippen LogP contribution in [0.2, 0.25) is 5.02 Å². The number of nitrogens with one attached hydrogen (secondary N) is 2. The topological polar surface area (TPSA) is 27.3 Å². The fourth-order valence-electron chi connectivity index (χ4n) is 4.74. The van der Waals surface area contributed by atoms with Crippen molar-refractivity contribution in [3.05, 3.63) is 58.1 Å². The molecule has 2 N–H and O–H groups in total. The molecule has 2 aromatic carbocycles. The fraction of sp³-hybridized carbons (Fsp3) is 0.429. The summed E-state index contributed by atoms with van der Waals surface area (Å²) in [4.78, 5) is 2.72. The Morgan fingerprint density at radius 1 is 1.27 bits per heavy atom. The number of nitrogens with zero attached hydrogens (tertiary/aromatic N) is 1. The minimum absolute atomic E-state index is 0.633. The van der Waals surface area contributed by atoms with Crippen LogP contribution in [0.5, 0.6) is 0 Å². The van der Waals surface area contributed by atoms with Crippen LogP contribution in [0.4, 0.5) is 11.4 Å². The van der Waals surface area contributed by atoms with Crippen molar-refractivity contribution in [3.63, 3.8) is 0 Å². The molecule has 5 rings (SSSR count). The number of hydrogen-bond donors (Lipinski definition) is 2. The quantitative estimate of drug-likeness (QED) is 0.815. The average molecular weight is 386 g/mol. The predicted octanol–water partition coefficient (Wildman–Crippen LogP) is 4.46. The molecule has 1 unspecified atom stereocenters. The highest BCUT2D eigenvalue weighted by molar-refractivity contribution is 7.98. The highest BCUT2D eigenvalue weighted by Crippen LogP contribution is 2.48. The third kappa shape index (κ3) is 2.98. The van der Waals surface area contributed by atoms with Crippen LogP contribution in [0.1, 0.15) is 29.0 Å². The molecular weight excluding hydrogens is 362 g/mol. The van der Waals surface area contributed by atoms with Crippen LogP contribution in [-0.2, 0) is 12.3 Å². The lowest BCUT2D eigenvalue weighted by Crippen LogP contribution is -2.44. The van der Waals surface area contributed by atoms with Crippen LogP contribution in [0.3, 0.4) is 0 Å². The molecule has 0 aliphatic carbocycles. The SMILES string of the molecule is Clc1cccc(CNc2cc3c4c(c2)C2CNCC[C@@H]2N4CCSC3)c1. The second-order valence-corrected chi connectivity index (χ2v) is 9.01. The van der Waals surface area contributed by atoms with E-state index < -0.39 is 0 Å². The summed E-state index contributed by atoms with van der Waals surface area (Å²) in [6, 6.07) is 13.6. The molecule has 26 heavy (non-hydrogen) atoms. The lowest BCUT2D eigenvalue weighted by Gasteiger charge is -2.33. The summed E-state index contributed by atoms with van der Waals surface area (Å²) in [7, 11) is 0. The molecule has 5 heteroatoms. The van der Waals surface area contributed by atoms with E-state index in [1.165, 1.54) is 35.5 Å². The fourth-order valence-corrected chi connectivity index (χ4v) is 5.86. The van der Waals surface area contributed by atoms with E-state index >= 15 is 0 Å². The van der Waals surface area contributed by atoms with Gasteiger partial charge in [0.1, 0.15) is 0 Å². The van der Waals surface area contributed by atoms with Crippen molar-refractivity contribution in [1.82, 2.24) is 5.32 Å². The first-order valence-corrected chi connectivity index (χ1v) is 11.0. The Hall–Kier alpha value is -1.36. The van der Waals surface area contributed by atoms with Gasteiger partial charge in [0.05, 0.1) is 0 Å². The summed E-state index contributed by atoms with van der Waals surface area (Å²) >= 11 is 8.19. The van der Waals surface area contributed by atoms with Crippen molar-refractivity contribution >= 4 is 34.7 Å². The zero-order valence-electron chi connectivity index (χ0n) is 14.8. The van der Waals surface area contributed by atoms with Crippen molar-refractivity contribution in [2.24, 2.45) is 0 Å². The molecule has 3 heterocycles. The maximum absolute atomic E-state index is 6.13.